The molecule has 1 atom stereocenters. The van der Waals surface area contributed by atoms with E-state index >= 15 is 0 Å². The smallest absolute Gasteiger partial charge is 0.291 e. The summed E-state index contributed by atoms with van der Waals surface area (Å²) in [5.74, 6) is 0.841. The van der Waals surface area contributed by atoms with Crippen molar-refractivity contribution in [1.82, 2.24) is 10.2 Å². The molecule has 0 aliphatic carbocycles. The van der Waals surface area contributed by atoms with Gasteiger partial charge < -0.3 is 15.4 Å². The van der Waals surface area contributed by atoms with Crippen molar-refractivity contribution >= 4 is 29.3 Å². The molecule has 7 heteroatoms. The minimum absolute atomic E-state index is 0.0828. The van der Waals surface area contributed by atoms with E-state index in [0.717, 1.165) is 25.3 Å². The Labute approximate surface area is 158 Å². The largest absolute Gasteiger partial charge is 0.487 e. The quantitative estimate of drug-likeness (QED) is 0.799. The van der Waals surface area contributed by atoms with E-state index in [1.165, 1.54) is 6.42 Å². The van der Waals surface area contributed by atoms with Crippen LogP contribution < -0.4 is 10.6 Å². The van der Waals surface area contributed by atoms with Crippen molar-refractivity contribution in [2.24, 2.45) is 0 Å². The summed E-state index contributed by atoms with van der Waals surface area (Å²) >= 11 is 1.56. The van der Waals surface area contributed by atoms with Gasteiger partial charge in [0.1, 0.15) is 0 Å². The first-order chi connectivity index (χ1) is 12.7. The second kappa shape index (κ2) is 9.09. The number of nitrogens with one attached hydrogen (secondary N) is 2. The highest BCUT2D eigenvalue weighted by Crippen LogP contribution is 2.18. The van der Waals surface area contributed by atoms with Gasteiger partial charge in [-0.15, -0.1) is 11.8 Å². The molecule has 2 amide bonds. The van der Waals surface area contributed by atoms with E-state index < -0.39 is 0 Å². The van der Waals surface area contributed by atoms with Crippen molar-refractivity contribution in [1.29, 1.82) is 0 Å². The number of benzene rings is 1. The summed E-state index contributed by atoms with van der Waals surface area (Å²) in [5, 5.41) is 7.53. The van der Waals surface area contributed by atoms with Gasteiger partial charge in [-0.05, 0) is 50.2 Å². The van der Waals surface area contributed by atoms with Crippen molar-refractivity contribution in [2.75, 3.05) is 37.3 Å². The minimum atomic E-state index is -0.268. The summed E-state index contributed by atoms with van der Waals surface area (Å²) in [5.41, 5.74) is 1.23. The maximum atomic E-state index is 12.3. The third-order valence-corrected chi connectivity index (χ3v) is 5.46. The number of hydrogen-bond acceptors (Lipinski definition) is 5. The van der Waals surface area contributed by atoms with Crippen molar-refractivity contribution in [3.8, 4) is 0 Å². The van der Waals surface area contributed by atoms with Gasteiger partial charge in [0.25, 0.3) is 11.8 Å². The molecule has 1 aromatic rings. The number of thioether (sulfide) groups is 1. The highest BCUT2D eigenvalue weighted by molar-refractivity contribution is 8.02. The Kier molecular flexibility index (Phi) is 6.57. The molecule has 2 aliphatic heterocycles. The molecule has 0 bridgehead atoms. The zero-order valence-electron chi connectivity index (χ0n) is 15.0. The maximum absolute atomic E-state index is 12.3. The van der Waals surface area contributed by atoms with E-state index in [1.54, 1.807) is 41.4 Å². The number of rotatable bonds is 6. The molecule has 0 saturated carbocycles. The fourth-order valence-corrected chi connectivity index (χ4v) is 3.86. The standard InChI is InChI=1S/C19H25N3O3S/c1-2-22-9-3-4-16(22)12-20-18(23)14-5-7-15(8-6-14)21-19(24)17-13-26-11-10-25-17/h5-8,13,16H,2-4,9-12H2,1H3,(H,20,23)(H,21,24). The molecule has 26 heavy (non-hydrogen) atoms. The number of carbonyl (C=O) groups excluding carboxylic acids is 2. The van der Waals surface area contributed by atoms with Crippen LogP contribution in [0.1, 0.15) is 30.1 Å². The first-order valence-corrected chi connectivity index (χ1v) is 10.1. The fraction of sp³-hybridized carbons (Fsp3) is 0.474. The van der Waals surface area contributed by atoms with Gasteiger partial charge in [-0.3, -0.25) is 14.5 Å². The topological polar surface area (TPSA) is 70.7 Å². The zero-order valence-corrected chi connectivity index (χ0v) is 15.8. The van der Waals surface area contributed by atoms with E-state index in [9.17, 15) is 9.59 Å². The molecule has 140 valence electrons. The number of likely N-dealkylation sites (N-methyl/N-ethyl adjacent to an activating group) is 1. The monoisotopic (exact) mass is 375 g/mol. The van der Waals surface area contributed by atoms with Crippen LogP contribution >= 0.6 is 11.8 Å². The van der Waals surface area contributed by atoms with Crippen LogP contribution in [0.15, 0.2) is 35.4 Å². The Bertz CT molecular complexity index is 675. The first kappa shape index (κ1) is 18.8. The van der Waals surface area contributed by atoms with Gasteiger partial charge in [0.2, 0.25) is 0 Å². The summed E-state index contributed by atoms with van der Waals surface area (Å²) in [4.78, 5) is 26.8. The van der Waals surface area contributed by atoms with Crippen LogP contribution in [0.3, 0.4) is 0 Å². The molecular formula is C19H25N3O3S. The first-order valence-electron chi connectivity index (χ1n) is 9.05. The van der Waals surface area contributed by atoms with E-state index in [0.29, 0.717) is 36.2 Å². The van der Waals surface area contributed by atoms with E-state index in [2.05, 4.69) is 22.5 Å². The molecule has 0 spiro atoms. The minimum Gasteiger partial charge on any atom is -0.487 e. The lowest BCUT2D eigenvalue weighted by Gasteiger charge is -2.22. The second-order valence-corrected chi connectivity index (χ2v) is 7.34. The number of ether oxygens (including phenoxy) is 1. The number of hydrogen-bond donors (Lipinski definition) is 2. The molecule has 2 N–H and O–H groups in total. The Balaban J connectivity index is 1.51. The summed E-state index contributed by atoms with van der Waals surface area (Å²) < 4.78 is 5.33. The van der Waals surface area contributed by atoms with Crippen LogP contribution in [0.5, 0.6) is 0 Å². The van der Waals surface area contributed by atoms with Crippen molar-refractivity contribution < 1.29 is 14.3 Å². The molecule has 0 aromatic heterocycles. The van der Waals surface area contributed by atoms with Gasteiger partial charge in [0.15, 0.2) is 5.76 Å². The molecule has 6 nitrogen and oxygen atoms in total. The maximum Gasteiger partial charge on any atom is 0.291 e. The highest BCUT2D eigenvalue weighted by atomic mass is 32.2. The van der Waals surface area contributed by atoms with Gasteiger partial charge in [-0.2, -0.15) is 0 Å². The van der Waals surface area contributed by atoms with Crippen LogP contribution in [0, 0.1) is 0 Å². The normalized spacial score (nSPS) is 20.2. The SMILES string of the molecule is CCN1CCCC1CNC(=O)c1ccc(NC(=O)C2=CSCCO2)cc1. The van der Waals surface area contributed by atoms with E-state index in [4.69, 9.17) is 4.74 Å². The average molecular weight is 375 g/mol. The number of carbonyl (C=O) groups is 2. The third-order valence-electron chi connectivity index (χ3n) is 4.68. The van der Waals surface area contributed by atoms with Gasteiger partial charge in [-0.25, -0.2) is 0 Å². The molecule has 2 aliphatic rings. The Morgan fingerprint density at radius 2 is 2.08 bits per heavy atom. The molecule has 3 rings (SSSR count). The summed E-state index contributed by atoms with van der Waals surface area (Å²) in [6.07, 6.45) is 2.33. The molecule has 1 fully saturated rings. The van der Waals surface area contributed by atoms with Crippen LogP contribution in [-0.4, -0.2) is 54.8 Å². The molecule has 1 unspecified atom stereocenters. The lowest BCUT2D eigenvalue weighted by Crippen LogP contribution is -2.40. The number of anilines is 1. The fourth-order valence-electron chi connectivity index (χ4n) is 3.24. The number of amides is 2. The van der Waals surface area contributed by atoms with Gasteiger partial charge in [0, 0.05) is 35.0 Å². The van der Waals surface area contributed by atoms with Gasteiger partial charge >= 0.3 is 0 Å². The number of nitrogens with zero attached hydrogens (tertiary/aromatic N) is 1. The zero-order chi connectivity index (χ0) is 18.4. The van der Waals surface area contributed by atoms with Gasteiger partial charge in [-0.1, -0.05) is 6.92 Å². The molecule has 1 aromatic carbocycles. The van der Waals surface area contributed by atoms with Crippen LogP contribution in [0.25, 0.3) is 0 Å². The second-order valence-electron chi connectivity index (χ2n) is 6.37. The summed E-state index contributed by atoms with van der Waals surface area (Å²) in [7, 11) is 0. The lowest BCUT2D eigenvalue weighted by atomic mass is 10.1. The van der Waals surface area contributed by atoms with E-state index in [-0.39, 0.29) is 11.8 Å². The summed E-state index contributed by atoms with van der Waals surface area (Å²) in [6, 6.07) is 7.35. The molecule has 0 radical (unpaired) electrons. The van der Waals surface area contributed by atoms with Crippen LogP contribution in [0.2, 0.25) is 0 Å². The van der Waals surface area contributed by atoms with Crippen molar-refractivity contribution in [3.63, 3.8) is 0 Å². The van der Waals surface area contributed by atoms with Crippen molar-refractivity contribution in [2.45, 2.75) is 25.8 Å². The lowest BCUT2D eigenvalue weighted by molar-refractivity contribution is -0.116. The predicted molar refractivity (Wildman–Crippen MR) is 104 cm³/mol. The third kappa shape index (κ3) is 4.80. The Hall–Kier alpha value is -1.99. The average Bonchev–Trinajstić information content (AvgIpc) is 3.15. The summed E-state index contributed by atoms with van der Waals surface area (Å²) in [6.45, 7) is 5.51. The number of likely N-dealkylation sites (tertiary alicyclic amines) is 1. The highest BCUT2D eigenvalue weighted by Gasteiger charge is 2.23. The molecular weight excluding hydrogens is 350 g/mol. The molecule has 2 heterocycles. The van der Waals surface area contributed by atoms with Crippen molar-refractivity contribution in [3.05, 3.63) is 41.0 Å². The molecule has 1 saturated heterocycles. The Morgan fingerprint density at radius 3 is 2.77 bits per heavy atom. The van der Waals surface area contributed by atoms with E-state index in [1.807, 2.05) is 0 Å². The van der Waals surface area contributed by atoms with Gasteiger partial charge in [0.05, 0.1) is 6.61 Å². The Morgan fingerprint density at radius 1 is 1.27 bits per heavy atom. The predicted octanol–water partition coefficient (Wildman–Crippen LogP) is 2.44. The van der Waals surface area contributed by atoms with Crippen LogP contribution in [0.4, 0.5) is 5.69 Å². The van der Waals surface area contributed by atoms with Crippen LogP contribution in [-0.2, 0) is 9.53 Å².